The maximum Gasteiger partial charge on any atom is 0.257 e. The number of rotatable bonds is 2. The van der Waals surface area contributed by atoms with Gasteiger partial charge in [-0.2, -0.15) is 0 Å². The van der Waals surface area contributed by atoms with Crippen LogP contribution in [0.25, 0.3) is 0 Å². The first-order chi connectivity index (χ1) is 8.09. The first kappa shape index (κ1) is 11.5. The molecule has 0 spiro atoms. The van der Waals surface area contributed by atoms with E-state index in [9.17, 15) is 0 Å². The average Bonchev–Trinajstić information content (AvgIpc) is 2.84. The van der Waals surface area contributed by atoms with Crippen LogP contribution in [0, 0.1) is 11.8 Å². The summed E-state index contributed by atoms with van der Waals surface area (Å²) < 4.78 is 16.5. The zero-order chi connectivity index (χ0) is 12.2. The first-order valence-corrected chi connectivity index (χ1v) is 7.33. The number of ether oxygens (including phenoxy) is 2. The summed E-state index contributed by atoms with van der Waals surface area (Å²) in [6, 6.07) is 1.02. The fourth-order valence-electron chi connectivity index (χ4n) is 2.58. The Labute approximate surface area is 105 Å². The smallest absolute Gasteiger partial charge is 0.257 e. The molecule has 17 heavy (non-hydrogen) atoms. The lowest BCUT2D eigenvalue weighted by atomic mass is 10.1. The van der Waals surface area contributed by atoms with Gasteiger partial charge in [-0.05, 0) is 11.8 Å². The lowest BCUT2D eigenvalue weighted by molar-refractivity contribution is 0.187. The van der Waals surface area contributed by atoms with E-state index in [-0.39, 0.29) is 0 Å². The molecule has 2 fully saturated rings. The standard InChI is InChI=1S/C12H21N2O2P/c1-7(2)9-5-15-11-12-14(17-13(9)11)10(6-16-12)8(3)4/h7-10,17H,5-6H2,1-4H3/t9-,10-/m1/s1. The first-order valence-electron chi connectivity index (χ1n) is 6.44. The van der Waals surface area contributed by atoms with Gasteiger partial charge in [0.1, 0.15) is 13.2 Å². The molecule has 0 aromatic rings. The van der Waals surface area contributed by atoms with Crippen molar-refractivity contribution in [2.24, 2.45) is 11.8 Å². The van der Waals surface area contributed by atoms with Gasteiger partial charge in [0, 0.05) is 0 Å². The van der Waals surface area contributed by atoms with E-state index in [4.69, 9.17) is 9.47 Å². The van der Waals surface area contributed by atoms with Crippen LogP contribution in [0.4, 0.5) is 0 Å². The highest BCUT2D eigenvalue weighted by atomic mass is 31.1. The van der Waals surface area contributed by atoms with Gasteiger partial charge in [0.05, 0.1) is 21.0 Å². The molecule has 3 aliphatic rings. The summed E-state index contributed by atoms with van der Waals surface area (Å²) in [5, 5.41) is 0. The zero-order valence-corrected chi connectivity index (χ0v) is 11.9. The van der Waals surface area contributed by atoms with Crippen molar-refractivity contribution in [1.29, 1.82) is 0 Å². The maximum atomic E-state index is 5.84. The van der Waals surface area contributed by atoms with Gasteiger partial charge in [-0.3, -0.25) is 9.34 Å². The molecular weight excluding hydrogens is 235 g/mol. The Morgan fingerprint density at radius 3 is 1.71 bits per heavy atom. The normalized spacial score (nSPS) is 31.2. The van der Waals surface area contributed by atoms with Crippen molar-refractivity contribution in [3.8, 4) is 0 Å². The van der Waals surface area contributed by atoms with Crippen LogP contribution >= 0.6 is 8.88 Å². The van der Waals surface area contributed by atoms with Gasteiger partial charge < -0.3 is 9.47 Å². The summed E-state index contributed by atoms with van der Waals surface area (Å²) in [4.78, 5) is 0. The molecule has 0 saturated carbocycles. The molecule has 0 unspecified atom stereocenters. The minimum atomic E-state index is 0.512. The summed E-state index contributed by atoms with van der Waals surface area (Å²) in [6.07, 6.45) is 0. The van der Waals surface area contributed by atoms with E-state index in [1.165, 1.54) is 0 Å². The minimum Gasteiger partial charge on any atom is -0.473 e. The van der Waals surface area contributed by atoms with E-state index in [1.54, 1.807) is 0 Å². The fourth-order valence-corrected chi connectivity index (χ4v) is 4.36. The largest absolute Gasteiger partial charge is 0.473 e. The second kappa shape index (κ2) is 3.94. The van der Waals surface area contributed by atoms with Crippen LogP contribution in [-0.2, 0) is 9.47 Å². The monoisotopic (exact) mass is 256 g/mol. The Kier molecular flexibility index (Phi) is 2.66. The van der Waals surface area contributed by atoms with Crippen molar-refractivity contribution >= 4 is 8.88 Å². The van der Waals surface area contributed by atoms with Gasteiger partial charge in [-0.1, -0.05) is 27.7 Å². The molecule has 3 aliphatic heterocycles. The number of fused-ring (bicyclic) bond motifs is 2. The molecule has 5 heteroatoms. The van der Waals surface area contributed by atoms with Crippen LogP contribution in [0.1, 0.15) is 27.7 Å². The number of hydrogen-bond donors (Lipinski definition) is 0. The molecule has 2 saturated heterocycles. The molecule has 3 heterocycles. The van der Waals surface area contributed by atoms with E-state index in [2.05, 4.69) is 37.0 Å². The van der Waals surface area contributed by atoms with Crippen LogP contribution in [0.5, 0.6) is 0 Å². The second-order valence-corrected chi connectivity index (χ2v) is 6.86. The second-order valence-electron chi connectivity index (χ2n) is 5.70. The Balaban J connectivity index is 1.85. The Morgan fingerprint density at radius 2 is 1.35 bits per heavy atom. The molecular formula is C12H21N2O2P. The summed E-state index contributed by atoms with van der Waals surface area (Å²) in [6.45, 7) is 10.7. The summed E-state index contributed by atoms with van der Waals surface area (Å²) in [7, 11) is 0.665. The quantitative estimate of drug-likeness (QED) is 0.708. The molecule has 0 amide bonds. The third kappa shape index (κ3) is 1.61. The van der Waals surface area contributed by atoms with Gasteiger partial charge in [0.15, 0.2) is 0 Å². The van der Waals surface area contributed by atoms with Crippen LogP contribution in [0.2, 0.25) is 0 Å². The SMILES string of the molecule is CC(C)[C@H]1COC2=C3OC[C@H](C(C)C)N3PN21. The van der Waals surface area contributed by atoms with Crippen molar-refractivity contribution in [2.75, 3.05) is 13.2 Å². The Hall–Kier alpha value is -0.630. The lowest BCUT2D eigenvalue weighted by Gasteiger charge is -2.28. The van der Waals surface area contributed by atoms with Crippen molar-refractivity contribution in [1.82, 2.24) is 9.34 Å². The predicted molar refractivity (Wildman–Crippen MR) is 68.2 cm³/mol. The van der Waals surface area contributed by atoms with Crippen molar-refractivity contribution in [2.45, 2.75) is 39.8 Å². The molecule has 0 aromatic heterocycles. The third-order valence-corrected chi connectivity index (χ3v) is 5.32. The molecule has 3 rings (SSSR count). The van der Waals surface area contributed by atoms with Gasteiger partial charge in [-0.15, -0.1) is 0 Å². The van der Waals surface area contributed by atoms with E-state index < -0.39 is 0 Å². The maximum absolute atomic E-state index is 5.84. The van der Waals surface area contributed by atoms with Crippen molar-refractivity contribution < 1.29 is 9.47 Å². The van der Waals surface area contributed by atoms with Crippen LogP contribution in [-0.4, -0.2) is 34.6 Å². The van der Waals surface area contributed by atoms with Gasteiger partial charge >= 0.3 is 0 Å². The predicted octanol–water partition coefficient (Wildman–Crippen LogP) is 2.35. The zero-order valence-electron chi connectivity index (χ0n) is 10.9. The number of hydrogen-bond acceptors (Lipinski definition) is 4. The molecule has 0 bridgehead atoms. The van der Waals surface area contributed by atoms with Crippen LogP contribution in [0.3, 0.4) is 0 Å². The van der Waals surface area contributed by atoms with Crippen molar-refractivity contribution in [3.05, 3.63) is 11.8 Å². The Bertz CT molecular complexity index is 324. The summed E-state index contributed by atoms with van der Waals surface area (Å²) in [5.41, 5.74) is 0. The van der Waals surface area contributed by atoms with E-state index in [0.29, 0.717) is 32.8 Å². The molecule has 2 atom stereocenters. The molecule has 0 aromatic carbocycles. The van der Waals surface area contributed by atoms with Crippen LogP contribution in [0.15, 0.2) is 11.8 Å². The number of nitrogens with zero attached hydrogens (tertiary/aromatic N) is 2. The third-order valence-electron chi connectivity index (χ3n) is 3.82. The van der Waals surface area contributed by atoms with E-state index in [1.807, 2.05) is 0 Å². The van der Waals surface area contributed by atoms with E-state index in [0.717, 1.165) is 25.0 Å². The summed E-state index contributed by atoms with van der Waals surface area (Å²) in [5.74, 6) is 3.23. The molecule has 96 valence electrons. The highest BCUT2D eigenvalue weighted by Gasteiger charge is 2.48. The minimum absolute atomic E-state index is 0.512. The highest BCUT2D eigenvalue weighted by molar-refractivity contribution is 7.33. The fraction of sp³-hybridized carbons (Fsp3) is 0.833. The van der Waals surface area contributed by atoms with Gasteiger partial charge in [-0.25, -0.2) is 0 Å². The lowest BCUT2D eigenvalue weighted by Crippen LogP contribution is -2.31. The average molecular weight is 256 g/mol. The molecule has 0 N–H and O–H groups in total. The Morgan fingerprint density at radius 1 is 0.941 bits per heavy atom. The van der Waals surface area contributed by atoms with Crippen LogP contribution < -0.4 is 0 Å². The van der Waals surface area contributed by atoms with Gasteiger partial charge in [0.25, 0.3) is 11.8 Å². The molecule has 4 nitrogen and oxygen atoms in total. The molecule has 0 aliphatic carbocycles. The summed E-state index contributed by atoms with van der Waals surface area (Å²) >= 11 is 0. The van der Waals surface area contributed by atoms with E-state index >= 15 is 0 Å². The van der Waals surface area contributed by atoms with Gasteiger partial charge in [0.2, 0.25) is 0 Å². The molecule has 0 radical (unpaired) electrons. The van der Waals surface area contributed by atoms with Crippen molar-refractivity contribution in [3.63, 3.8) is 0 Å². The topological polar surface area (TPSA) is 24.9 Å². The highest BCUT2D eigenvalue weighted by Crippen LogP contribution is 2.52.